The maximum Gasteiger partial charge on any atom is 0.285 e. The summed E-state index contributed by atoms with van der Waals surface area (Å²) in [5.41, 5.74) is 1.13. The number of hydrogen-bond donors (Lipinski definition) is 4. The van der Waals surface area contributed by atoms with Crippen LogP contribution in [-0.2, 0) is 11.0 Å². The topological polar surface area (TPSA) is 109 Å². The van der Waals surface area contributed by atoms with Crippen molar-refractivity contribution in [3.8, 4) is 0 Å². The van der Waals surface area contributed by atoms with Crippen LogP contribution in [0.4, 0.5) is 14.5 Å². The van der Waals surface area contributed by atoms with Gasteiger partial charge in [-0.05, 0) is 49.9 Å². The standard InChI is InChI=1S/C20H24ClF2N7OS2/c1-20(2-3-20)28-33(31)12-5-13(29-7-10-4-11(8-29)26-6-10)14-15(21)27-19(30(14)9-12)18(25)32-17(24)16(22)23/h5,9-11,16,24-26,28H,2-4,6-8H2,1H3. The average Bonchev–Trinajstić information content (AvgIpc) is 3.25. The highest BCUT2D eigenvalue weighted by Crippen LogP contribution is 2.38. The van der Waals surface area contributed by atoms with Gasteiger partial charge in [0.05, 0.1) is 10.6 Å². The number of pyridine rings is 1. The lowest BCUT2D eigenvalue weighted by atomic mass is 9.99. The molecule has 13 heteroatoms. The maximum atomic E-state index is 13.2. The monoisotopic (exact) mass is 515 g/mol. The van der Waals surface area contributed by atoms with Gasteiger partial charge in [0.2, 0.25) is 0 Å². The molecule has 0 aromatic carbocycles. The zero-order valence-corrected chi connectivity index (χ0v) is 20.2. The summed E-state index contributed by atoms with van der Waals surface area (Å²) in [6, 6.07) is 2.20. The largest absolute Gasteiger partial charge is 0.368 e. The normalized spacial score (nSPS) is 24.5. The van der Waals surface area contributed by atoms with Gasteiger partial charge < -0.3 is 10.2 Å². The summed E-state index contributed by atoms with van der Waals surface area (Å²) in [5.74, 6) is 0.532. The van der Waals surface area contributed by atoms with Crippen molar-refractivity contribution >= 4 is 55.6 Å². The number of rotatable bonds is 6. The van der Waals surface area contributed by atoms with Crippen molar-refractivity contribution in [1.29, 1.82) is 10.8 Å². The van der Waals surface area contributed by atoms with Crippen molar-refractivity contribution in [2.45, 2.75) is 49.1 Å². The number of imidazole rings is 1. The number of fused-ring (bicyclic) bond motifs is 3. The lowest BCUT2D eigenvalue weighted by molar-refractivity contribution is 0.228. The summed E-state index contributed by atoms with van der Waals surface area (Å²) in [4.78, 5) is 6.97. The van der Waals surface area contributed by atoms with Crippen LogP contribution < -0.4 is 14.9 Å². The third-order valence-corrected chi connectivity index (χ3v) is 8.76. The lowest BCUT2D eigenvalue weighted by Crippen LogP contribution is -2.41. The van der Waals surface area contributed by atoms with E-state index in [4.69, 9.17) is 22.4 Å². The minimum absolute atomic E-state index is 0.0428. The Hall–Kier alpha value is -1.60. The van der Waals surface area contributed by atoms with Crippen LogP contribution in [0.5, 0.6) is 0 Å². The van der Waals surface area contributed by atoms with Gasteiger partial charge in [-0.15, -0.1) is 0 Å². The van der Waals surface area contributed by atoms with Crippen LogP contribution in [-0.4, -0.2) is 61.3 Å². The Bertz CT molecular complexity index is 1160. The zero-order valence-electron chi connectivity index (χ0n) is 17.8. The Morgan fingerprint density at radius 1 is 1.42 bits per heavy atom. The predicted octanol–water partition coefficient (Wildman–Crippen LogP) is 3.25. The summed E-state index contributed by atoms with van der Waals surface area (Å²) in [5, 5.41) is 18.1. The summed E-state index contributed by atoms with van der Waals surface area (Å²) in [6.45, 7) is 4.52. The van der Waals surface area contributed by atoms with E-state index >= 15 is 0 Å². The summed E-state index contributed by atoms with van der Waals surface area (Å²) < 4.78 is 43.7. The van der Waals surface area contributed by atoms with Gasteiger partial charge in [-0.2, -0.15) is 0 Å². The van der Waals surface area contributed by atoms with Crippen LogP contribution in [0.3, 0.4) is 0 Å². The second-order valence-corrected chi connectivity index (χ2v) is 11.8. The zero-order chi connectivity index (χ0) is 23.5. The fraction of sp³-hybridized carbons (Fsp3) is 0.550. The molecular weight excluding hydrogens is 492 g/mol. The molecule has 3 fully saturated rings. The number of alkyl halides is 2. The molecule has 2 bridgehead atoms. The molecule has 178 valence electrons. The quantitative estimate of drug-likeness (QED) is 0.349. The van der Waals surface area contributed by atoms with E-state index in [1.54, 1.807) is 10.6 Å². The Morgan fingerprint density at radius 2 is 2.18 bits per heavy atom. The van der Waals surface area contributed by atoms with E-state index in [1.165, 1.54) is 0 Å². The Balaban J connectivity index is 1.59. The van der Waals surface area contributed by atoms with Crippen molar-refractivity contribution in [3.63, 3.8) is 0 Å². The summed E-state index contributed by atoms with van der Waals surface area (Å²) >= 11 is 6.84. The van der Waals surface area contributed by atoms with E-state index in [1.807, 2.05) is 13.0 Å². The van der Waals surface area contributed by atoms with Crippen LogP contribution in [0.15, 0.2) is 17.2 Å². The van der Waals surface area contributed by atoms with E-state index in [0.29, 0.717) is 34.1 Å². The number of nitrogens with one attached hydrogen (secondary N) is 4. The molecule has 2 aromatic heterocycles. The van der Waals surface area contributed by atoms with Crippen LogP contribution in [0.1, 0.15) is 32.0 Å². The Labute approximate surface area is 201 Å². The van der Waals surface area contributed by atoms with Gasteiger partial charge in [-0.25, -0.2) is 22.7 Å². The first-order valence-corrected chi connectivity index (χ1v) is 13.0. The third kappa shape index (κ3) is 4.55. The second-order valence-electron chi connectivity index (χ2n) is 9.15. The Kier molecular flexibility index (Phi) is 6.01. The maximum absolute atomic E-state index is 13.2. The molecule has 3 unspecified atom stereocenters. The van der Waals surface area contributed by atoms with Crippen molar-refractivity contribution < 1.29 is 13.0 Å². The van der Waals surface area contributed by atoms with Gasteiger partial charge in [0, 0.05) is 37.4 Å². The van der Waals surface area contributed by atoms with Gasteiger partial charge in [0.1, 0.15) is 26.6 Å². The van der Waals surface area contributed by atoms with E-state index in [9.17, 15) is 13.0 Å². The highest BCUT2D eigenvalue weighted by molar-refractivity contribution is 8.26. The van der Waals surface area contributed by atoms with Crippen LogP contribution in [0.2, 0.25) is 5.15 Å². The average molecular weight is 516 g/mol. The Morgan fingerprint density at radius 3 is 2.85 bits per heavy atom. The first-order valence-electron chi connectivity index (χ1n) is 10.7. The molecule has 2 saturated heterocycles. The number of nitrogens with zero attached hydrogens (tertiary/aromatic N) is 3. The van der Waals surface area contributed by atoms with E-state index < -0.39 is 22.5 Å². The molecule has 8 nitrogen and oxygen atoms in total. The fourth-order valence-electron chi connectivity index (χ4n) is 4.43. The molecule has 2 aromatic rings. The lowest BCUT2D eigenvalue weighted by Gasteiger charge is -2.33. The molecule has 3 aliphatic rings. The number of halogens is 3. The molecular formula is C20H24ClF2N7OS2. The van der Waals surface area contributed by atoms with Gasteiger partial charge in [-0.3, -0.25) is 15.2 Å². The third-order valence-electron chi connectivity index (χ3n) is 6.39. The minimum Gasteiger partial charge on any atom is -0.368 e. The molecule has 4 heterocycles. The van der Waals surface area contributed by atoms with E-state index in [-0.39, 0.29) is 21.6 Å². The number of anilines is 1. The van der Waals surface area contributed by atoms with Crippen LogP contribution in [0, 0.1) is 16.7 Å². The molecule has 2 aliphatic heterocycles. The number of aromatic nitrogens is 2. The fourth-order valence-corrected chi connectivity index (χ4v) is 6.43. The van der Waals surface area contributed by atoms with Crippen molar-refractivity contribution in [3.05, 3.63) is 23.2 Å². The summed E-state index contributed by atoms with van der Waals surface area (Å²) in [6.07, 6.45) is 1.60. The molecule has 3 atom stereocenters. The van der Waals surface area contributed by atoms with Crippen molar-refractivity contribution in [2.75, 3.05) is 24.5 Å². The number of thioether (sulfide) groups is 1. The first kappa shape index (κ1) is 23.2. The van der Waals surface area contributed by atoms with Crippen LogP contribution >= 0.6 is 23.4 Å². The molecule has 1 saturated carbocycles. The summed E-state index contributed by atoms with van der Waals surface area (Å²) in [7, 11) is -1.52. The molecule has 33 heavy (non-hydrogen) atoms. The van der Waals surface area contributed by atoms with Crippen LogP contribution in [0.25, 0.3) is 5.52 Å². The van der Waals surface area contributed by atoms with Gasteiger partial charge in [-0.1, -0.05) is 11.6 Å². The minimum atomic E-state index is -2.98. The second kappa shape index (κ2) is 8.56. The van der Waals surface area contributed by atoms with Crippen molar-refractivity contribution in [2.24, 2.45) is 5.92 Å². The first-order chi connectivity index (χ1) is 15.6. The molecule has 1 aliphatic carbocycles. The molecule has 4 N–H and O–H groups in total. The highest BCUT2D eigenvalue weighted by atomic mass is 35.5. The van der Waals surface area contributed by atoms with E-state index in [2.05, 4.69) is 19.9 Å². The number of piperidine rings is 1. The molecule has 0 amide bonds. The van der Waals surface area contributed by atoms with Gasteiger partial charge in [0.15, 0.2) is 11.0 Å². The van der Waals surface area contributed by atoms with Gasteiger partial charge in [0.25, 0.3) is 6.43 Å². The van der Waals surface area contributed by atoms with E-state index in [0.717, 1.165) is 44.6 Å². The number of hydrogen-bond acceptors (Lipinski definition) is 7. The molecule has 0 radical (unpaired) electrons. The highest BCUT2D eigenvalue weighted by Gasteiger charge is 2.39. The van der Waals surface area contributed by atoms with Crippen molar-refractivity contribution in [1.82, 2.24) is 19.4 Å². The predicted molar refractivity (Wildman–Crippen MR) is 128 cm³/mol. The van der Waals surface area contributed by atoms with Gasteiger partial charge >= 0.3 is 0 Å². The molecule has 0 spiro atoms. The smallest absolute Gasteiger partial charge is 0.285 e. The SMILES string of the molecule is CC1(NS(=O)c2cc(N3CC4CNC(C4)C3)c3c(Cl)nc(C(=N)SC(=N)C(F)F)n3c2)CC1. The molecule has 5 rings (SSSR count).